The molecule has 1 aromatic rings. The lowest BCUT2D eigenvalue weighted by molar-refractivity contribution is 0.432. The topological polar surface area (TPSA) is 64.2 Å². The summed E-state index contributed by atoms with van der Waals surface area (Å²) in [6, 6.07) is 10.7. The largest absolute Gasteiger partial charge is 0.760 e. The second-order valence-corrected chi connectivity index (χ2v) is 5.14. The van der Waals surface area contributed by atoms with Crippen LogP contribution in [-0.4, -0.2) is 27.9 Å². The van der Waals surface area contributed by atoms with Gasteiger partial charge in [0.1, 0.15) is 0 Å². The molecule has 0 bridgehead atoms. The standard InChI is InChI=1S/C12H18N2O2S/c15-17(16)14-9-11-6-7-13-12(11)8-10-4-2-1-3-5-10/h1-5,11-14H,6-9H2,(H,15,16)/p-1. The van der Waals surface area contributed by atoms with Crippen molar-refractivity contribution in [2.24, 2.45) is 5.92 Å². The minimum atomic E-state index is -2.15. The predicted molar refractivity (Wildman–Crippen MR) is 67.0 cm³/mol. The van der Waals surface area contributed by atoms with Gasteiger partial charge in [0.15, 0.2) is 0 Å². The molecule has 1 saturated heterocycles. The Morgan fingerprint density at radius 2 is 2.18 bits per heavy atom. The van der Waals surface area contributed by atoms with Gasteiger partial charge in [-0.25, -0.2) is 4.72 Å². The molecule has 0 saturated carbocycles. The Hall–Kier alpha value is -0.750. The molecule has 0 aromatic heterocycles. The van der Waals surface area contributed by atoms with Crippen LogP contribution in [-0.2, 0) is 17.7 Å². The molecule has 4 nitrogen and oxygen atoms in total. The molecule has 5 heteroatoms. The predicted octanol–water partition coefficient (Wildman–Crippen LogP) is 0.591. The normalized spacial score (nSPS) is 25.9. The molecule has 0 radical (unpaired) electrons. The Balaban J connectivity index is 1.89. The Kier molecular flexibility index (Phi) is 4.67. The summed E-state index contributed by atoms with van der Waals surface area (Å²) >= 11 is -2.15. The van der Waals surface area contributed by atoms with E-state index in [-0.39, 0.29) is 0 Å². The SMILES string of the molecule is O=S([O-])NCC1CCNC1Cc1ccccc1. The Morgan fingerprint density at radius 1 is 1.41 bits per heavy atom. The summed E-state index contributed by atoms with van der Waals surface area (Å²) in [7, 11) is 0. The maximum absolute atomic E-state index is 10.5. The molecule has 17 heavy (non-hydrogen) atoms. The van der Waals surface area contributed by atoms with E-state index >= 15 is 0 Å². The van der Waals surface area contributed by atoms with Crippen molar-refractivity contribution < 1.29 is 8.76 Å². The van der Waals surface area contributed by atoms with Crippen molar-refractivity contribution in [1.82, 2.24) is 10.0 Å². The van der Waals surface area contributed by atoms with Crippen molar-refractivity contribution in [3.05, 3.63) is 35.9 Å². The molecule has 0 aliphatic carbocycles. The third-order valence-corrected chi connectivity index (χ3v) is 3.65. The van der Waals surface area contributed by atoms with E-state index in [4.69, 9.17) is 0 Å². The molecule has 3 atom stereocenters. The van der Waals surface area contributed by atoms with Gasteiger partial charge in [-0.3, -0.25) is 4.21 Å². The fourth-order valence-electron chi connectivity index (χ4n) is 2.35. The number of nitrogens with one attached hydrogen (secondary N) is 2. The van der Waals surface area contributed by atoms with Crippen molar-refractivity contribution in [3.63, 3.8) is 0 Å². The smallest absolute Gasteiger partial charge is 0.0181 e. The maximum Gasteiger partial charge on any atom is 0.0181 e. The zero-order valence-electron chi connectivity index (χ0n) is 9.59. The van der Waals surface area contributed by atoms with E-state index in [0.29, 0.717) is 18.5 Å². The van der Waals surface area contributed by atoms with Crippen LogP contribution in [0, 0.1) is 5.92 Å². The van der Waals surface area contributed by atoms with Gasteiger partial charge in [-0.2, -0.15) is 0 Å². The molecular formula is C12H17N2O2S-. The third-order valence-electron chi connectivity index (χ3n) is 3.25. The van der Waals surface area contributed by atoms with Gasteiger partial charge in [0.2, 0.25) is 0 Å². The van der Waals surface area contributed by atoms with E-state index in [1.807, 2.05) is 18.2 Å². The first-order valence-corrected chi connectivity index (χ1v) is 6.93. The molecule has 0 amide bonds. The van der Waals surface area contributed by atoms with E-state index in [0.717, 1.165) is 19.4 Å². The van der Waals surface area contributed by atoms with Gasteiger partial charge < -0.3 is 9.87 Å². The van der Waals surface area contributed by atoms with E-state index in [1.165, 1.54) is 5.56 Å². The van der Waals surface area contributed by atoms with Gasteiger partial charge >= 0.3 is 0 Å². The quantitative estimate of drug-likeness (QED) is 0.755. The highest BCUT2D eigenvalue weighted by atomic mass is 32.2. The molecule has 1 aromatic carbocycles. The molecule has 3 unspecified atom stereocenters. The van der Waals surface area contributed by atoms with Gasteiger partial charge in [-0.05, 0) is 30.9 Å². The van der Waals surface area contributed by atoms with E-state index in [2.05, 4.69) is 22.2 Å². The number of hydrogen-bond donors (Lipinski definition) is 2. The van der Waals surface area contributed by atoms with Crippen LogP contribution in [0.4, 0.5) is 0 Å². The summed E-state index contributed by atoms with van der Waals surface area (Å²) in [6.45, 7) is 1.50. The fraction of sp³-hybridized carbons (Fsp3) is 0.500. The zero-order chi connectivity index (χ0) is 12.1. The van der Waals surface area contributed by atoms with E-state index < -0.39 is 11.3 Å². The van der Waals surface area contributed by atoms with Gasteiger partial charge in [-0.1, -0.05) is 30.3 Å². The summed E-state index contributed by atoms with van der Waals surface area (Å²) in [5.74, 6) is 0.383. The number of benzene rings is 1. The fourth-order valence-corrected chi connectivity index (χ4v) is 2.70. The molecule has 1 aliphatic heterocycles. The summed E-state index contributed by atoms with van der Waals surface area (Å²) in [4.78, 5) is 0. The molecule has 1 aliphatic rings. The van der Waals surface area contributed by atoms with Crippen LogP contribution in [0.3, 0.4) is 0 Å². The van der Waals surface area contributed by atoms with Crippen LogP contribution in [0.1, 0.15) is 12.0 Å². The van der Waals surface area contributed by atoms with Crippen molar-refractivity contribution in [1.29, 1.82) is 0 Å². The summed E-state index contributed by atoms with van der Waals surface area (Å²) < 4.78 is 23.5. The minimum absolute atomic E-state index is 0.369. The monoisotopic (exact) mass is 253 g/mol. The first kappa shape index (κ1) is 12.7. The van der Waals surface area contributed by atoms with Gasteiger partial charge in [0.05, 0.1) is 0 Å². The first-order chi connectivity index (χ1) is 8.25. The molecule has 1 heterocycles. The lowest BCUT2D eigenvalue weighted by Crippen LogP contribution is -2.35. The molecule has 2 N–H and O–H groups in total. The van der Waals surface area contributed by atoms with Crippen LogP contribution in [0.2, 0.25) is 0 Å². The highest BCUT2D eigenvalue weighted by Crippen LogP contribution is 2.18. The van der Waals surface area contributed by atoms with Crippen LogP contribution in [0.5, 0.6) is 0 Å². The average Bonchev–Trinajstić information content (AvgIpc) is 2.75. The summed E-state index contributed by atoms with van der Waals surface area (Å²) in [5, 5.41) is 3.44. The molecule has 1 fully saturated rings. The van der Waals surface area contributed by atoms with Gasteiger partial charge in [0, 0.05) is 23.9 Å². The summed E-state index contributed by atoms with van der Waals surface area (Å²) in [5.41, 5.74) is 1.29. The van der Waals surface area contributed by atoms with Gasteiger partial charge in [0.25, 0.3) is 0 Å². The average molecular weight is 253 g/mol. The molecule has 0 spiro atoms. The minimum Gasteiger partial charge on any atom is -0.760 e. The van der Waals surface area contributed by atoms with E-state index in [9.17, 15) is 8.76 Å². The Bertz CT molecular complexity index is 372. The highest BCUT2D eigenvalue weighted by molar-refractivity contribution is 7.77. The lowest BCUT2D eigenvalue weighted by atomic mass is 9.95. The Morgan fingerprint density at radius 3 is 2.88 bits per heavy atom. The van der Waals surface area contributed by atoms with Crippen LogP contribution in [0.25, 0.3) is 0 Å². The van der Waals surface area contributed by atoms with Crippen LogP contribution in [0.15, 0.2) is 30.3 Å². The highest BCUT2D eigenvalue weighted by Gasteiger charge is 2.26. The number of hydrogen-bond acceptors (Lipinski definition) is 3. The number of rotatable bonds is 5. The van der Waals surface area contributed by atoms with Crippen molar-refractivity contribution in [3.8, 4) is 0 Å². The lowest BCUT2D eigenvalue weighted by Gasteiger charge is -2.20. The summed E-state index contributed by atoms with van der Waals surface area (Å²) in [6.07, 6.45) is 1.99. The second-order valence-electron chi connectivity index (χ2n) is 4.38. The van der Waals surface area contributed by atoms with Gasteiger partial charge in [-0.15, -0.1) is 0 Å². The molecule has 2 rings (SSSR count). The van der Waals surface area contributed by atoms with Crippen molar-refractivity contribution in [2.75, 3.05) is 13.1 Å². The zero-order valence-corrected chi connectivity index (χ0v) is 10.4. The maximum atomic E-state index is 10.5. The van der Waals surface area contributed by atoms with Crippen LogP contribution >= 0.6 is 0 Å². The van der Waals surface area contributed by atoms with Crippen molar-refractivity contribution >= 4 is 11.3 Å². The first-order valence-electron chi connectivity index (χ1n) is 5.86. The molecular weight excluding hydrogens is 236 g/mol. The van der Waals surface area contributed by atoms with Crippen molar-refractivity contribution in [2.45, 2.75) is 18.9 Å². The Labute approximate surface area is 104 Å². The third kappa shape index (κ3) is 3.89. The molecule has 94 valence electrons. The second kappa shape index (κ2) is 6.26. The van der Waals surface area contributed by atoms with Crippen LogP contribution < -0.4 is 10.0 Å². The van der Waals surface area contributed by atoms with E-state index in [1.54, 1.807) is 0 Å².